The Kier molecular flexibility index (Phi) is 5.29. The molecule has 0 aliphatic rings. The molecule has 1 N–H and O–H groups in total. The molecule has 1 heterocycles. The number of hydrogen-bond acceptors (Lipinski definition) is 3. The Balaban J connectivity index is 0. The van der Waals surface area contributed by atoms with E-state index in [0.717, 1.165) is 0 Å². The minimum absolute atomic E-state index is 0. The van der Waals surface area contributed by atoms with E-state index in [0.29, 0.717) is 0 Å². The monoisotopic (exact) mass is 192 g/mol. The Hall–Kier alpha value is -0.250. The molecule has 4 nitrogen and oxygen atoms in total. The molecule has 0 fully saturated rings. The predicted molar refractivity (Wildman–Crippen MR) is 39.1 cm³/mol. The molecule has 1 aromatic heterocycles. The first-order chi connectivity index (χ1) is 5.24. The molecule has 0 spiro atoms. The smallest absolute Gasteiger partial charge is 1.00 e. The van der Waals surface area contributed by atoms with E-state index in [1.54, 1.807) is 6.07 Å². The molecule has 0 saturated carbocycles. The average molecular weight is 192 g/mol. The van der Waals surface area contributed by atoms with Crippen molar-refractivity contribution in [2.75, 3.05) is 0 Å². The summed E-state index contributed by atoms with van der Waals surface area (Å²) in [5, 5.41) is 8.35. The van der Waals surface area contributed by atoms with Gasteiger partial charge in [0.05, 0.1) is 0 Å². The quantitative estimate of drug-likeness (QED) is 0.399. The topological polar surface area (TPSA) is 74.0 Å². The van der Waals surface area contributed by atoms with Crippen LogP contribution in [0, 0.1) is 11.3 Å². The van der Waals surface area contributed by atoms with Crippen molar-refractivity contribution in [3.63, 3.8) is 0 Å². The van der Waals surface area contributed by atoms with Crippen LogP contribution >= 0.6 is 0 Å². The van der Waals surface area contributed by atoms with Gasteiger partial charge in [-0.25, -0.2) is 9.19 Å². The Morgan fingerprint density at radius 2 is 2.33 bits per heavy atom. The molecule has 1 aromatic rings. The molecule has 12 heavy (non-hydrogen) atoms. The number of hydrogen-bond donors (Lipinski definition) is 1. The van der Waals surface area contributed by atoms with Gasteiger partial charge in [0.2, 0.25) is 11.1 Å². The summed E-state index contributed by atoms with van der Waals surface area (Å²) in [4.78, 5) is 3.58. The van der Waals surface area contributed by atoms with E-state index in [-0.39, 0.29) is 41.7 Å². The molecule has 0 saturated heterocycles. The molecule has 0 amide bonds. The third-order valence-electron chi connectivity index (χ3n) is 1.02. The number of aromatic nitrogens is 1. The fourth-order valence-electron chi connectivity index (χ4n) is 0.574. The minimum Gasteiger partial charge on any atom is -1.00 e. The van der Waals surface area contributed by atoms with Gasteiger partial charge >= 0.3 is 29.6 Å². The first-order valence-corrected chi connectivity index (χ1v) is 3.82. The SMILES string of the molecule is N#Cc1cccc(S(=O)O)n1.[H-].[Na+]. The maximum atomic E-state index is 10.4. The molecule has 1 unspecified atom stereocenters. The van der Waals surface area contributed by atoms with Gasteiger partial charge < -0.3 is 5.98 Å². The first kappa shape index (κ1) is 11.8. The van der Waals surface area contributed by atoms with Crippen LogP contribution in [-0.4, -0.2) is 13.7 Å². The van der Waals surface area contributed by atoms with E-state index in [1.807, 2.05) is 0 Å². The summed E-state index contributed by atoms with van der Waals surface area (Å²) in [6.45, 7) is 0. The van der Waals surface area contributed by atoms with E-state index in [1.165, 1.54) is 18.2 Å². The van der Waals surface area contributed by atoms with E-state index in [4.69, 9.17) is 9.81 Å². The second-order valence-corrected chi connectivity index (χ2v) is 2.64. The third-order valence-corrected chi connectivity index (χ3v) is 1.60. The van der Waals surface area contributed by atoms with Gasteiger partial charge in [0.15, 0.2) is 5.03 Å². The molecule has 0 bridgehead atoms. The Labute approximate surface area is 95.7 Å². The number of nitriles is 1. The molecule has 1 rings (SSSR count). The van der Waals surface area contributed by atoms with E-state index in [2.05, 4.69) is 4.98 Å². The van der Waals surface area contributed by atoms with E-state index >= 15 is 0 Å². The molecule has 0 aromatic carbocycles. The Morgan fingerprint density at radius 1 is 1.67 bits per heavy atom. The fraction of sp³-hybridized carbons (Fsp3) is 0. The van der Waals surface area contributed by atoms with Gasteiger partial charge in [-0.3, -0.25) is 0 Å². The summed E-state index contributed by atoms with van der Waals surface area (Å²) < 4.78 is 19.0. The maximum Gasteiger partial charge on any atom is 1.00 e. The van der Waals surface area contributed by atoms with Crippen molar-refractivity contribution in [3.05, 3.63) is 23.9 Å². The van der Waals surface area contributed by atoms with Crippen molar-refractivity contribution < 1.29 is 39.7 Å². The first-order valence-electron chi connectivity index (χ1n) is 2.72. The van der Waals surface area contributed by atoms with Crippen molar-refractivity contribution in [2.45, 2.75) is 5.03 Å². The minimum atomic E-state index is -2.10. The molecule has 0 aliphatic carbocycles. The van der Waals surface area contributed by atoms with Crippen molar-refractivity contribution >= 4 is 11.1 Å². The maximum absolute atomic E-state index is 10.4. The molecule has 0 radical (unpaired) electrons. The zero-order chi connectivity index (χ0) is 8.27. The van der Waals surface area contributed by atoms with E-state index in [9.17, 15) is 4.21 Å². The summed E-state index contributed by atoms with van der Waals surface area (Å²) in [5.41, 5.74) is 0.143. The summed E-state index contributed by atoms with van der Waals surface area (Å²) in [6.07, 6.45) is 0. The van der Waals surface area contributed by atoms with Gasteiger partial charge in [-0.2, -0.15) is 5.26 Å². The zero-order valence-electron chi connectivity index (χ0n) is 7.39. The number of rotatable bonds is 1. The van der Waals surface area contributed by atoms with Crippen LogP contribution < -0.4 is 29.6 Å². The van der Waals surface area contributed by atoms with Crippen LogP contribution in [0.1, 0.15) is 7.12 Å². The van der Waals surface area contributed by atoms with Crippen molar-refractivity contribution in [2.24, 2.45) is 0 Å². The molecular weight excluding hydrogens is 187 g/mol. The number of nitrogens with zero attached hydrogens (tertiary/aromatic N) is 2. The van der Waals surface area contributed by atoms with Gasteiger partial charge in [-0.15, -0.1) is 0 Å². The Morgan fingerprint density at radius 3 is 2.83 bits per heavy atom. The largest absolute Gasteiger partial charge is 1.00 e. The van der Waals surface area contributed by atoms with Crippen LogP contribution in [0.4, 0.5) is 0 Å². The van der Waals surface area contributed by atoms with Crippen LogP contribution in [0.3, 0.4) is 0 Å². The Bertz CT molecular complexity index is 342. The van der Waals surface area contributed by atoms with Gasteiger partial charge in [-0.05, 0) is 12.1 Å². The fourth-order valence-corrected chi connectivity index (χ4v) is 0.946. The van der Waals surface area contributed by atoms with Crippen LogP contribution in [0.15, 0.2) is 23.2 Å². The summed E-state index contributed by atoms with van der Waals surface area (Å²) in [6, 6.07) is 6.13. The van der Waals surface area contributed by atoms with Crippen LogP contribution in [0.25, 0.3) is 0 Å². The zero-order valence-corrected chi connectivity index (χ0v) is 9.21. The normalized spacial score (nSPS) is 11.0. The number of pyridine rings is 1. The van der Waals surface area contributed by atoms with E-state index < -0.39 is 11.1 Å². The van der Waals surface area contributed by atoms with Crippen molar-refractivity contribution in [1.82, 2.24) is 4.98 Å². The van der Waals surface area contributed by atoms with Crippen LogP contribution in [0.2, 0.25) is 0 Å². The van der Waals surface area contributed by atoms with Crippen molar-refractivity contribution in [1.29, 1.82) is 5.26 Å². The van der Waals surface area contributed by atoms with Gasteiger partial charge in [-0.1, -0.05) is 6.07 Å². The second-order valence-electron chi connectivity index (χ2n) is 1.72. The molecule has 58 valence electrons. The molecule has 6 heteroatoms. The summed E-state index contributed by atoms with van der Waals surface area (Å²) in [5.74, 6) is 0. The van der Waals surface area contributed by atoms with Gasteiger partial charge in [0.1, 0.15) is 11.8 Å². The predicted octanol–water partition coefficient (Wildman–Crippen LogP) is -2.35. The van der Waals surface area contributed by atoms with Gasteiger partial charge in [0.25, 0.3) is 0 Å². The molecule has 0 aliphatic heterocycles. The third kappa shape index (κ3) is 3.01. The summed E-state index contributed by atoms with van der Waals surface area (Å²) >= 11 is -2.10. The summed E-state index contributed by atoms with van der Waals surface area (Å²) in [7, 11) is 0. The van der Waals surface area contributed by atoms with Gasteiger partial charge in [0, 0.05) is 0 Å². The van der Waals surface area contributed by atoms with Crippen molar-refractivity contribution in [3.8, 4) is 6.07 Å². The van der Waals surface area contributed by atoms with Crippen LogP contribution in [0.5, 0.6) is 0 Å². The molecular formula is C6H5N2NaO2S. The second kappa shape index (κ2) is 5.41. The molecule has 1 atom stereocenters. The standard InChI is InChI=1S/C6H4N2O2S.Na.H/c7-4-5-2-1-3-6(8-5)11(9)10;;/h1-3H,(H,9,10);;/q;+1;-1. The average Bonchev–Trinajstić information content (AvgIpc) is 2.05. The van der Waals surface area contributed by atoms with Crippen LogP contribution in [-0.2, 0) is 11.1 Å².